The van der Waals surface area contributed by atoms with Gasteiger partial charge in [-0.15, -0.1) is 0 Å². The van der Waals surface area contributed by atoms with Gasteiger partial charge in [0.25, 0.3) is 0 Å². The highest BCUT2D eigenvalue weighted by Crippen LogP contribution is 2.42. The maximum Gasteiger partial charge on any atom is 0.147 e. The van der Waals surface area contributed by atoms with Crippen LogP contribution in [0.5, 0.6) is 5.75 Å². The summed E-state index contributed by atoms with van der Waals surface area (Å²) in [6, 6.07) is 14.0. The van der Waals surface area contributed by atoms with E-state index in [-0.39, 0.29) is 5.92 Å². The summed E-state index contributed by atoms with van der Waals surface area (Å²) in [7, 11) is 1.63. The van der Waals surface area contributed by atoms with Gasteiger partial charge in [-0.25, -0.2) is 9.97 Å². The number of rotatable bonds is 3. The van der Waals surface area contributed by atoms with Crippen molar-refractivity contribution in [1.82, 2.24) is 20.2 Å². The van der Waals surface area contributed by atoms with Crippen LogP contribution >= 0.6 is 11.6 Å². The average Bonchev–Trinajstić information content (AvgIpc) is 3.36. The number of methoxy groups -OCH3 is 1. The van der Waals surface area contributed by atoms with Crippen LogP contribution in [-0.4, -0.2) is 27.3 Å². The van der Waals surface area contributed by atoms with Gasteiger partial charge in [0, 0.05) is 23.4 Å². The fraction of sp³-hybridized carbons (Fsp3) is 0.182. The minimum Gasteiger partial charge on any atom is -0.494 e. The Kier molecular flexibility index (Phi) is 4.18. The molecular weight excluding hydrogens is 386 g/mol. The van der Waals surface area contributed by atoms with E-state index in [0.717, 1.165) is 46.3 Å². The molecule has 0 saturated heterocycles. The van der Waals surface area contributed by atoms with Crippen molar-refractivity contribution < 1.29 is 4.74 Å². The van der Waals surface area contributed by atoms with Crippen LogP contribution < -0.4 is 4.74 Å². The number of nitrogens with zero attached hydrogens (tertiary/aromatic N) is 4. The largest absolute Gasteiger partial charge is 0.494 e. The third-order valence-corrected chi connectivity index (χ3v) is 5.63. The molecule has 0 fully saturated rings. The summed E-state index contributed by atoms with van der Waals surface area (Å²) in [5.41, 5.74) is 7.05. The van der Waals surface area contributed by atoms with Crippen molar-refractivity contribution in [3.8, 4) is 34.3 Å². The summed E-state index contributed by atoms with van der Waals surface area (Å²) in [4.78, 5) is 9.09. The Balaban J connectivity index is 1.73. The van der Waals surface area contributed by atoms with E-state index in [2.05, 4.69) is 21.3 Å². The molecule has 3 heterocycles. The number of benzene rings is 1. The van der Waals surface area contributed by atoms with Gasteiger partial charge in [0.05, 0.1) is 24.6 Å². The summed E-state index contributed by atoms with van der Waals surface area (Å²) < 4.78 is 5.65. The van der Waals surface area contributed by atoms with Crippen LogP contribution in [0.4, 0.5) is 0 Å². The molecule has 0 bridgehead atoms. The number of aromatic nitrogens is 4. The molecule has 29 heavy (non-hydrogen) atoms. The number of pyridine rings is 2. The molecule has 0 saturated carbocycles. The van der Waals surface area contributed by atoms with Crippen LogP contribution in [0.3, 0.4) is 0 Å². The lowest BCUT2D eigenvalue weighted by Gasteiger charge is -2.12. The number of hydrogen-bond donors (Lipinski definition) is 1. The number of aromatic amines is 1. The minimum atomic E-state index is -0.0655. The predicted molar refractivity (Wildman–Crippen MR) is 111 cm³/mol. The van der Waals surface area contributed by atoms with Gasteiger partial charge in [0.1, 0.15) is 27.8 Å². The highest BCUT2D eigenvalue weighted by molar-refractivity contribution is 6.29. The Hall–Kier alpha value is -3.43. The van der Waals surface area contributed by atoms with Gasteiger partial charge in [0.2, 0.25) is 0 Å². The molecule has 1 atom stereocenters. The van der Waals surface area contributed by atoms with Gasteiger partial charge in [-0.2, -0.15) is 10.4 Å². The van der Waals surface area contributed by atoms with E-state index >= 15 is 0 Å². The first-order chi connectivity index (χ1) is 14.2. The fourth-order valence-corrected chi connectivity index (χ4v) is 4.12. The number of H-pyrrole nitrogens is 1. The maximum atomic E-state index is 9.45. The van der Waals surface area contributed by atoms with Gasteiger partial charge in [0.15, 0.2) is 0 Å². The molecule has 1 aromatic carbocycles. The topological polar surface area (TPSA) is 87.5 Å². The van der Waals surface area contributed by atoms with Crippen molar-refractivity contribution in [3.63, 3.8) is 0 Å². The van der Waals surface area contributed by atoms with Crippen LogP contribution in [0, 0.1) is 11.3 Å². The molecule has 0 amide bonds. The van der Waals surface area contributed by atoms with Gasteiger partial charge < -0.3 is 4.74 Å². The maximum absolute atomic E-state index is 9.45. The first-order valence-corrected chi connectivity index (χ1v) is 9.64. The Morgan fingerprint density at radius 3 is 2.90 bits per heavy atom. The predicted octanol–water partition coefficient (Wildman–Crippen LogP) is 4.90. The van der Waals surface area contributed by atoms with E-state index in [1.54, 1.807) is 19.4 Å². The van der Waals surface area contributed by atoms with Crippen molar-refractivity contribution >= 4 is 22.6 Å². The summed E-state index contributed by atoms with van der Waals surface area (Å²) in [5.74, 6) is 0.597. The fourth-order valence-electron chi connectivity index (χ4n) is 4.01. The summed E-state index contributed by atoms with van der Waals surface area (Å²) >= 11 is 5.92. The number of hydrogen-bond acceptors (Lipinski definition) is 5. The van der Waals surface area contributed by atoms with Crippen molar-refractivity contribution in [2.75, 3.05) is 7.11 Å². The van der Waals surface area contributed by atoms with E-state index < -0.39 is 0 Å². The van der Waals surface area contributed by atoms with Gasteiger partial charge in [-0.3, -0.25) is 5.10 Å². The Morgan fingerprint density at radius 2 is 2.14 bits per heavy atom. The van der Waals surface area contributed by atoms with Crippen molar-refractivity contribution in [1.29, 1.82) is 5.26 Å². The highest BCUT2D eigenvalue weighted by atomic mass is 35.5. The summed E-state index contributed by atoms with van der Waals surface area (Å²) in [6.45, 7) is 0. The number of nitriles is 1. The van der Waals surface area contributed by atoms with Crippen LogP contribution in [0.25, 0.3) is 33.5 Å². The number of halogens is 1. The smallest absolute Gasteiger partial charge is 0.147 e. The summed E-state index contributed by atoms with van der Waals surface area (Å²) in [6.07, 6.45) is 3.37. The van der Waals surface area contributed by atoms with Crippen molar-refractivity contribution in [2.24, 2.45) is 0 Å². The molecule has 6 nitrogen and oxygen atoms in total. The molecule has 142 valence electrons. The molecular formula is C22H16ClN5O. The second kappa shape index (κ2) is 6.87. The first-order valence-electron chi connectivity index (χ1n) is 9.26. The number of nitrogens with one attached hydrogen (secondary N) is 1. The second-order valence-electron chi connectivity index (χ2n) is 6.97. The molecule has 5 rings (SSSR count). The van der Waals surface area contributed by atoms with Crippen LogP contribution in [0.2, 0.25) is 5.15 Å². The lowest BCUT2D eigenvalue weighted by Crippen LogP contribution is -1.97. The zero-order valence-corrected chi connectivity index (χ0v) is 16.4. The number of fused-ring (bicyclic) bond motifs is 2. The van der Waals surface area contributed by atoms with Crippen LogP contribution in [0.1, 0.15) is 23.5 Å². The monoisotopic (exact) mass is 401 g/mol. The Labute approximate surface area is 172 Å². The molecule has 0 aliphatic heterocycles. The molecule has 1 N–H and O–H groups in total. The zero-order chi connectivity index (χ0) is 20.0. The normalized spacial score (nSPS) is 15.3. The third kappa shape index (κ3) is 2.82. The molecule has 0 spiro atoms. The van der Waals surface area contributed by atoms with E-state index in [4.69, 9.17) is 21.3 Å². The summed E-state index contributed by atoms with van der Waals surface area (Å²) in [5, 5.41) is 17.3. The lowest BCUT2D eigenvalue weighted by molar-refractivity contribution is 0.415. The molecule has 1 unspecified atom stereocenters. The van der Waals surface area contributed by atoms with Gasteiger partial charge in [-0.1, -0.05) is 29.8 Å². The van der Waals surface area contributed by atoms with Gasteiger partial charge >= 0.3 is 0 Å². The molecule has 3 aromatic heterocycles. The van der Waals surface area contributed by atoms with E-state index in [1.165, 1.54) is 5.56 Å². The first kappa shape index (κ1) is 17.7. The van der Waals surface area contributed by atoms with E-state index in [1.807, 2.05) is 30.3 Å². The van der Waals surface area contributed by atoms with Gasteiger partial charge in [-0.05, 0) is 36.1 Å². The molecule has 1 aliphatic carbocycles. The minimum absolute atomic E-state index is 0.0655. The zero-order valence-electron chi connectivity index (χ0n) is 15.6. The molecule has 1 aliphatic rings. The van der Waals surface area contributed by atoms with Crippen molar-refractivity contribution in [2.45, 2.75) is 18.8 Å². The second-order valence-corrected chi connectivity index (χ2v) is 7.36. The van der Waals surface area contributed by atoms with E-state index in [0.29, 0.717) is 16.6 Å². The average molecular weight is 402 g/mol. The standard InChI is InChI=1S/C22H16ClN5O/c1-29-18-9-17-22(20(28-27-17)13-6-8-19(23)25-11-13)26-21(18)16-4-2-3-14-12(10-24)5-7-15(14)16/h2-4,6,8-9,11-12H,5,7H2,1H3,(H,27,28). The van der Waals surface area contributed by atoms with Crippen molar-refractivity contribution in [3.05, 3.63) is 58.9 Å². The van der Waals surface area contributed by atoms with Crippen LogP contribution in [0.15, 0.2) is 42.6 Å². The quantitative estimate of drug-likeness (QED) is 0.493. The third-order valence-electron chi connectivity index (χ3n) is 5.40. The Bertz CT molecular complexity index is 1270. The van der Waals surface area contributed by atoms with E-state index in [9.17, 15) is 5.26 Å². The SMILES string of the molecule is COc1cc2[nH]nc(-c3ccc(Cl)nc3)c2nc1-c1cccc2c1CCC2C#N. The molecule has 4 aromatic rings. The lowest BCUT2D eigenvalue weighted by atomic mass is 9.97. The highest BCUT2D eigenvalue weighted by Gasteiger charge is 2.26. The Morgan fingerprint density at radius 1 is 1.24 bits per heavy atom. The number of ether oxygens (including phenoxy) is 1. The molecule has 7 heteroatoms. The van der Waals surface area contributed by atoms with Crippen LogP contribution in [-0.2, 0) is 6.42 Å². The molecule has 0 radical (unpaired) electrons.